The molecule has 0 saturated carbocycles. The fourth-order valence-electron chi connectivity index (χ4n) is 2.99. The van der Waals surface area contributed by atoms with E-state index in [9.17, 15) is 9.59 Å². The van der Waals surface area contributed by atoms with E-state index < -0.39 is 0 Å². The van der Waals surface area contributed by atoms with Gasteiger partial charge in [0.15, 0.2) is 0 Å². The van der Waals surface area contributed by atoms with Crippen molar-refractivity contribution in [1.29, 1.82) is 0 Å². The van der Waals surface area contributed by atoms with Gasteiger partial charge in [-0.3, -0.25) is 9.59 Å². The Bertz CT molecular complexity index is 1150. The molecule has 0 aliphatic carbocycles. The van der Waals surface area contributed by atoms with E-state index in [1.807, 2.05) is 43.3 Å². The Kier molecular flexibility index (Phi) is 3.98. The summed E-state index contributed by atoms with van der Waals surface area (Å²) in [7, 11) is 0. The molecule has 4 aromatic rings. The first-order valence-corrected chi connectivity index (χ1v) is 8.38. The van der Waals surface area contributed by atoms with Crippen LogP contribution in [0.4, 0.5) is 0 Å². The molecule has 3 heteroatoms. The summed E-state index contributed by atoms with van der Waals surface area (Å²) in [4.78, 5) is 26.2. The van der Waals surface area contributed by atoms with E-state index in [0.717, 1.165) is 5.56 Å². The number of para-hydroxylation sites is 1. The van der Waals surface area contributed by atoms with Crippen molar-refractivity contribution >= 4 is 16.8 Å². The molecule has 1 aromatic heterocycles. The van der Waals surface area contributed by atoms with Gasteiger partial charge in [0.05, 0.1) is 5.39 Å². The van der Waals surface area contributed by atoms with E-state index in [0.29, 0.717) is 27.9 Å². The maximum absolute atomic E-state index is 13.1. The van der Waals surface area contributed by atoms with Crippen LogP contribution in [0.3, 0.4) is 0 Å². The lowest BCUT2D eigenvalue weighted by Gasteiger charge is -2.10. The zero-order valence-electron chi connectivity index (χ0n) is 14.2. The minimum atomic E-state index is -0.333. The van der Waals surface area contributed by atoms with Crippen LogP contribution in [0, 0.1) is 6.92 Å². The predicted molar refractivity (Wildman–Crippen MR) is 103 cm³/mol. The van der Waals surface area contributed by atoms with Crippen LogP contribution < -0.4 is 5.43 Å². The number of rotatable bonds is 3. The van der Waals surface area contributed by atoms with Crippen LogP contribution in [0.1, 0.15) is 21.5 Å². The van der Waals surface area contributed by atoms with Gasteiger partial charge in [-0.15, -0.1) is 0 Å². The SMILES string of the molecule is Cc1ccc(-c2oc3ccccc3c(=O)c2C(=O)c2ccccc2)cc1. The molecule has 3 nitrogen and oxygen atoms in total. The molecule has 0 saturated heterocycles. The molecule has 0 atom stereocenters. The summed E-state index contributed by atoms with van der Waals surface area (Å²) in [6.07, 6.45) is 0. The number of hydrogen-bond donors (Lipinski definition) is 0. The number of carbonyl (C=O) groups is 1. The first-order chi connectivity index (χ1) is 12.6. The third kappa shape index (κ3) is 2.74. The fraction of sp³-hybridized carbons (Fsp3) is 0.0435. The minimum Gasteiger partial charge on any atom is -0.455 e. The quantitative estimate of drug-likeness (QED) is 0.493. The van der Waals surface area contributed by atoms with Crippen molar-refractivity contribution in [3.63, 3.8) is 0 Å². The Morgan fingerprint density at radius 2 is 1.46 bits per heavy atom. The highest BCUT2D eigenvalue weighted by molar-refractivity contribution is 6.13. The lowest BCUT2D eigenvalue weighted by Crippen LogP contribution is -2.17. The number of benzene rings is 3. The second-order valence-electron chi connectivity index (χ2n) is 6.19. The van der Waals surface area contributed by atoms with Crippen molar-refractivity contribution in [2.75, 3.05) is 0 Å². The molecular formula is C23H16O3. The predicted octanol–water partition coefficient (Wildman–Crippen LogP) is 5.00. The number of ketones is 1. The zero-order valence-corrected chi connectivity index (χ0v) is 14.2. The summed E-state index contributed by atoms with van der Waals surface area (Å²) < 4.78 is 6.02. The highest BCUT2D eigenvalue weighted by atomic mass is 16.3. The third-order valence-corrected chi connectivity index (χ3v) is 4.37. The standard InChI is InChI=1S/C23H16O3/c1-15-11-13-17(14-12-15)23-20(21(24)16-7-3-2-4-8-16)22(25)18-9-5-6-10-19(18)26-23/h2-14H,1H3. The molecule has 0 radical (unpaired) electrons. The lowest BCUT2D eigenvalue weighted by atomic mass is 9.97. The van der Waals surface area contributed by atoms with Gasteiger partial charge in [-0.05, 0) is 19.1 Å². The molecule has 0 spiro atoms. The van der Waals surface area contributed by atoms with Crippen LogP contribution in [0.25, 0.3) is 22.3 Å². The number of hydrogen-bond acceptors (Lipinski definition) is 3. The molecule has 1 heterocycles. The van der Waals surface area contributed by atoms with Crippen LogP contribution in [-0.2, 0) is 0 Å². The van der Waals surface area contributed by atoms with E-state index in [2.05, 4.69) is 0 Å². The van der Waals surface area contributed by atoms with E-state index >= 15 is 0 Å². The van der Waals surface area contributed by atoms with Gasteiger partial charge >= 0.3 is 0 Å². The third-order valence-electron chi connectivity index (χ3n) is 4.37. The molecule has 0 amide bonds. The Balaban J connectivity index is 2.04. The minimum absolute atomic E-state index is 0.0683. The summed E-state index contributed by atoms with van der Waals surface area (Å²) in [6.45, 7) is 1.98. The Hall–Kier alpha value is -3.46. The molecular weight excluding hydrogens is 324 g/mol. The fourth-order valence-corrected chi connectivity index (χ4v) is 2.99. The van der Waals surface area contributed by atoms with Gasteiger partial charge in [-0.2, -0.15) is 0 Å². The normalized spacial score (nSPS) is 10.8. The van der Waals surface area contributed by atoms with Crippen molar-refractivity contribution in [2.45, 2.75) is 6.92 Å². The highest BCUT2D eigenvalue weighted by Crippen LogP contribution is 2.27. The Morgan fingerprint density at radius 1 is 0.808 bits per heavy atom. The van der Waals surface area contributed by atoms with Gasteiger partial charge in [0, 0.05) is 11.1 Å². The molecule has 0 N–H and O–H groups in total. The lowest BCUT2D eigenvalue weighted by molar-refractivity contribution is 0.103. The number of carbonyl (C=O) groups excluding carboxylic acids is 1. The van der Waals surface area contributed by atoms with Crippen molar-refractivity contribution in [1.82, 2.24) is 0 Å². The summed E-state index contributed by atoms with van der Waals surface area (Å²) in [5.74, 6) is -0.0248. The maximum Gasteiger partial charge on any atom is 0.204 e. The molecule has 26 heavy (non-hydrogen) atoms. The summed E-state index contributed by atoms with van der Waals surface area (Å²) >= 11 is 0. The first-order valence-electron chi connectivity index (χ1n) is 8.38. The van der Waals surface area contributed by atoms with Gasteiger partial charge in [0.2, 0.25) is 11.2 Å². The highest BCUT2D eigenvalue weighted by Gasteiger charge is 2.23. The number of aryl methyl sites for hydroxylation is 1. The molecule has 0 unspecified atom stereocenters. The molecule has 4 rings (SSSR count). The van der Waals surface area contributed by atoms with Crippen LogP contribution in [-0.4, -0.2) is 5.78 Å². The van der Waals surface area contributed by atoms with Crippen LogP contribution in [0.5, 0.6) is 0 Å². The van der Waals surface area contributed by atoms with Crippen LogP contribution in [0.2, 0.25) is 0 Å². The molecule has 0 bridgehead atoms. The Labute approximate surface area is 150 Å². The first kappa shape index (κ1) is 16.0. The van der Waals surface area contributed by atoms with E-state index in [1.54, 1.807) is 42.5 Å². The topological polar surface area (TPSA) is 47.3 Å². The zero-order chi connectivity index (χ0) is 18.1. The second kappa shape index (κ2) is 6.45. The molecule has 3 aromatic carbocycles. The van der Waals surface area contributed by atoms with E-state index in [4.69, 9.17) is 4.42 Å². The summed E-state index contributed by atoms with van der Waals surface area (Å²) in [5, 5.41) is 0.405. The van der Waals surface area contributed by atoms with Gasteiger partial charge in [0.25, 0.3) is 0 Å². The summed E-state index contributed by atoms with van der Waals surface area (Å²) in [5.41, 5.74) is 2.49. The van der Waals surface area contributed by atoms with Crippen LogP contribution in [0.15, 0.2) is 88.1 Å². The van der Waals surface area contributed by atoms with E-state index in [-0.39, 0.29) is 16.8 Å². The Morgan fingerprint density at radius 3 is 2.19 bits per heavy atom. The van der Waals surface area contributed by atoms with Crippen molar-refractivity contribution < 1.29 is 9.21 Å². The average molecular weight is 340 g/mol. The van der Waals surface area contributed by atoms with Gasteiger partial charge < -0.3 is 4.42 Å². The van der Waals surface area contributed by atoms with Crippen molar-refractivity contribution in [2.24, 2.45) is 0 Å². The van der Waals surface area contributed by atoms with Gasteiger partial charge in [-0.1, -0.05) is 72.3 Å². The van der Waals surface area contributed by atoms with Crippen molar-refractivity contribution in [3.8, 4) is 11.3 Å². The largest absolute Gasteiger partial charge is 0.455 e. The number of fused-ring (bicyclic) bond motifs is 1. The molecule has 0 fully saturated rings. The summed E-state index contributed by atoms with van der Waals surface area (Å²) in [6, 6.07) is 23.4. The average Bonchev–Trinajstić information content (AvgIpc) is 2.69. The second-order valence-corrected chi connectivity index (χ2v) is 6.19. The van der Waals surface area contributed by atoms with Crippen LogP contribution >= 0.6 is 0 Å². The monoisotopic (exact) mass is 340 g/mol. The van der Waals surface area contributed by atoms with Crippen molar-refractivity contribution in [3.05, 3.63) is 106 Å². The van der Waals surface area contributed by atoms with Gasteiger partial charge in [0.1, 0.15) is 16.9 Å². The van der Waals surface area contributed by atoms with E-state index in [1.165, 1.54) is 0 Å². The maximum atomic E-state index is 13.1. The molecule has 126 valence electrons. The smallest absolute Gasteiger partial charge is 0.204 e. The molecule has 0 aliphatic rings. The van der Waals surface area contributed by atoms with Gasteiger partial charge in [-0.25, -0.2) is 0 Å². The molecule has 0 aliphatic heterocycles.